The lowest BCUT2D eigenvalue weighted by molar-refractivity contribution is -0.151. The number of aryl methyl sites for hydroxylation is 2. The summed E-state index contributed by atoms with van der Waals surface area (Å²) in [6.45, 7) is 3.22. The number of para-hydroxylation sites is 1. The maximum atomic E-state index is 12.6. The van der Waals surface area contributed by atoms with E-state index in [0.717, 1.165) is 29.8 Å². The topological polar surface area (TPSA) is 98.4 Å². The Hall–Kier alpha value is -2.46. The van der Waals surface area contributed by atoms with Gasteiger partial charge in [-0.25, -0.2) is 4.98 Å². The van der Waals surface area contributed by atoms with Gasteiger partial charge >= 0.3 is 5.97 Å². The van der Waals surface area contributed by atoms with Crippen molar-refractivity contribution in [3.05, 3.63) is 35.2 Å². The van der Waals surface area contributed by atoms with Crippen LogP contribution in [0.5, 0.6) is 0 Å². The number of fused-ring (bicyclic) bond motifs is 1. The van der Waals surface area contributed by atoms with Crippen LogP contribution in [0, 0.1) is 5.92 Å². The first-order chi connectivity index (χ1) is 15.1. The maximum absolute atomic E-state index is 12.6. The average Bonchev–Trinajstić information content (AvgIpc) is 3.42. The highest BCUT2D eigenvalue weighted by Gasteiger charge is 2.29. The lowest BCUT2D eigenvalue weighted by Gasteiger charge is -2.31. The number of hydrogen-bond donors (Lipinski definition) is 0. The molecule has 2 aromatic heterocycles. The number of amides is 1. The number of carbonyl (C=O) groups excluding carboxylic acids is 2. The minimum atomic E-state index is -0.236. The summed E-state index contributed by atoms with van der Waals surface area (Å²) in [5.74, 6) is 0.250. The summed E-state index contributed by atoms with van der Waals surface area (Å²) in [5, 5.41) is 9.54. The van der Waals surface area contributed by atoms with E-state index in [2.05, 4.69) is 21.2 Å². The number of piperidine rings is 1. The predicted octanol–water partition coefficient (Wildman–Crippen LogP) is 3.36. The van der Waals surface area contributed by atoms with Gasteiger partial charge in [0.05, 0.1) is 33.5 Å². The van der Waals surface area contributed by atoms with Gasteiger partial charge in [0, 0.05) is 25.9 Å². The normalized spacial score (nSPS) is 16.5. The van der Waals surface area contributed by atoms with Gasteiger partial charge < -0.3 is 14.1 Å². The van der Waals surface area contributed by atoms with Gasteiger partial charge in [-0.05, 0) is 31.9 Å². The smallest absolute Gasteiger partial charge is 0.310 e. The summed E-state index contributed by atoms with van der Waals surface area (Å²) in [5.41, 5.74) is 1.01. The average molecular weight is 461 g/mol. The lowest BCUT2D eigenvalue weighted by atomic mass is 9.98. The molecule has 0 bridgehead atoms. The Morgan fingerprint density at radius 2 is 2.16 bits per heavy atom. The Bertz CT molecular complexity index is 1020. The number of thiazole rings is 1. The van der Waals surface area contributed by atoms with E-state index in [1.807, 2.05) is 18.2 Å². The molecule has 3 aromatic rings. The molecule has 0 radical (unpaired) electrons. The zero-order valence-corrected chi connectivity index (χ0v) is 18.9. The molecule has 1 atom stereocenters. The minimum absolute atomic E-state index is 0.0341. The number of carbonyl (C=O) groups is 2. The van der Waals surface area contributed by atoms with E-state index in [0.29, 0.717) is 37.2 Å². The number of nitrogens with zero attached hydrogens (tertiary/aromatic N) is 4. The summed E-state index contributed by atoms with van der Waals surface area (Å²) in [6.07, 6.45) is 2.90. The van der Waals surface area contributed by atoms with Crippen LogP contribution < -0.4 is 0 Å². The molecule has 0 saturated carbocycles. The molecule has 10 heteroatoms. The highest BCUT2D eigenvalue weighted by molar-refractivity contribution is 7.99. The SMILES string of the molecule is CCOC(=O)C1CCCN(C(=O)CSc2nnc(CCc3nc4ccccc4s3)o2)C1. The third kappa shape index (κ3) is 5.62. The van der Waals surface area contributed by atoms with E-state index in [1.165, 1.54) is 16.5 Å². The molecule has 3 heterocycles. The number of rotatable bonds is 8. The van der Waals surface area contributed by atoms with Gasteiger partial charge in [0.15, 0.2) is 0 Å². The van der Waals surface area contributed by atoms with Crippen LogP contribution in [0.15, 0.2) is 33.9 Å². The summed E-state index contributed by atoms with van der Waals surface area (Å²) >= 11 is 2.90. The molecule has 0 N–H and O–H groups in total. The van der Waals surface area contributed by atoms with Crippen molar-refractivity contribution in [3.63, 3.8) is 0 Å². The Morgan fingerprint density at radius 1 is 1.29 bits per heavy atom. The highest BCUT2D eigenvalue weighted by atomic mass is 32.2. The first-order valence-corrected chi connectivity index (χ1v) is 12.2. The third-order valence-electron chi connectivity index (χ3n) is 5.05. The fraction of sp³-hybridized carbons (Fsp3) is 0.476. The second-order valence-corrected chi connectivity index (χ2v) is 9.30. The van der Waals surface area contributed by atoms with E-state index in [-0.39, 0.29) is 23.5 Å². The molecular formula is C21H24N4O4S2. The molecule has 0 spiro atoms. The standard InChI is InChI=1S/C21H24N4O4S2/c1-2-28-20(27)14-6-5-11-25(12-14)19(26)13-30-21-24-23-17(29-21)9-10-18-22-15-7-3-4-8-16(15)31-18/h3-4,7-8,14H,2,5-6,9-13H2,1H3. The summed E-state index contributed by atoms with van der Waals surface area (Å²) in [7, 11) is 0. The summed E-state index contributed by atoms with van der Waals surface area (Å²) < 4.78 is 11.9. The highest BCUT2D eigenvalue weighted by Crippen LogP contribution is 2.24. The van der Waals surface area contributed by atoms with Crippen LogP contribution in [-0.4, -0.2) is 57.4 Å². The van der Waals surface area contributed by atoms with Gasteiger partial charge in [-0.1, -0.05) is 23.9 Å². The van der Waals surface area contributed by atoms with Crippen LogP contribution in [0.2, 0.25) is 0 Å². The zero-order valence-electron chi connectivity index (χ0n) is 17.3. The second kappa shape index (κ2) is 10.2. The van der Waals surface area contributed by atoms with E-state index >= 15 is 0 Å². The van der Waals surface area contributed by atoms with Crippen LogP contribution in [0.1, 0.15) is 30.7 Å². The van der Waals surface area contributed by atoms with Gasteiger partial charge in [0.25, 0.3) is 5.22 Å². The first kappa shape index (κ1) is 21.8. The van der Waals surface area contributed by atoms with Crippen molar-refractivity contribution in [3.8, 4) is 0 Å². The Balaban J connectivity index is 1.25. The molecule has 1 aromatic carbocycles. The number of aromatic nitrogens is 3. The molecule has 0 aliphatic carbocycles. The molecule has 4 rings (SSSR count). The fourth-order valence-corrected chi connectivity index (χ4v) is 5.16. The van der Waals surface area contributed by atoms with Crippen LogP contribution in [-0.2, 0) is 27.2 Å². The van der Waals surface area contributed by atoms with Gasteiger partial charge in [0.2, 0.25) is 11.8 Å². The first-order valence-electron chi connectivity index (χ1n) is 10.4. The zero-order chi connectivity index (χ0) is 21.6. The summed E-state index contributed by atoms with van der Waals surface area (Å²) in [4.78, 5) is 30.9. The van der Waals surface area contributed by atoms with Crippen LogP contribution in [0.4, 0.5) is 0 Å². The van der Waals surface area contributed by atoms with Crippen molar-refractivity contribution in [1.29, 1.82) is 0 Å². The Kier molecular flexibility index (Phi) is 7.18. The Morgan fingerprint density at radius 3 is 3.00 bits per heavy atom. The molecule has 164 valence electrons. The van der Waals surface area contributed by atoms with E-state index in [1.54, 1.807) is 23.2 Å². The molecule has 31 heavy (non-hydrogen) atoms. The molecule has 1 unspecified atom stereocenters. The van der Waals surface area contributed by atoms with Crippen molar-refractivity contribution >= 4 is 45.2 Å². The second-order valence-electron chi connectivity index (χ2n) is 7.26. The minimum Gasteiger partial charge on any atom is -0.466 e. The van der Waals surface area contributed by atoms with Crippen molar-refractivity contribution in [2.45, 2.75) is 37.8 Å². The van der Waals surface area contributed by atoms with Crippen LogP contribution in [0.3, 0.4) is 0 Å². The van der Waals surface area contributed by atoms with E-state index < -0.39 is 0 Å². The van der Waals surface area contributed by atoms with Crippen molar-refractivity contribution in [1.82, 2.24) is 20.1 Å². The third-order valence-corrected chi connectivity index (χ3v) is 6.95. The number of benzene rings is 1. The number of likely N-dealkylation sites (tertiary alicyclic amines) is 1. The van der Waals surface area contributed by atoms with Crippen LogP contribution in [0.25, 0.3) is 10.2 Å². The summed E-state index contributed by atoms with van der Waals surface area (Å²) in [6, 6.07) is 8.06. The molecule has 1 saturated heterocycles. The van der Waals surface area contributed by atoms with Gasteiger partial charge in [-0.2, -0.15) is 0 Å². The largest absolute Gasteiger partial charge is 0.466 e. The number of thioether (sulfide) groups is 1. The van der Waals surface area contributed by atoms with E-state index in [9.17, 15) is 9.59 Å². The van der Waals surface area contributed by atoms with E-state index in [4.69, 9.17) is 9.15 Å². The molecule has 1 amide bonds. The van der Waals surface area contributed by atoms with Gasteiger partial charge in [0.1, 0.15) is 0 Å². The molecule has 1 aliphatic heterocycles. The quantitative estimate of drug-likeness (QED) is 0.373. The van der Waals surface area contributed by atoms with Crippen molar-refractivity contribution in [2.24, 2.45) is 5.92 Å². The predicted molar refractivity (Wildman–Crippen MR) is 118 cm³/mol. The van der Waals surface area contributed by atoms with Gasteiger partial charge in [-0.15, -0.1) is 21.5 Å². The molecule has 8 nitrogen and oxygen atoms in total. The number of esters is 1. The molecular weight excluding hydrogens is 436 g/mol. The Labute approximate surface area is 188 Å². The monoisotopic (exact) mass is 460 g/mol. The number of hydrogen-bond acceptors (Lipinski definition) is 9. The van der Waals surface area contributed by atoms with Crippen molar-refractivity contribution in [2.75, 3.05) is 25.4 Å². The van der Waals surface area contributed by atoms with Crippen LogP contribution >= 0.6 is 23.1 Å². The molecule has 1 fully saturated rings. The fourth-order valence-electron chi connectivity index (χ4n) is 3.51. The maximum Gasteiger partial charge on any atom is 0.310 e. The lowest BCUT2D eigenvalue weighted by Crippen LogP contribution is -2.43. The van der Waals surface area contributed by atoms with Crippen molar-refractivity contribution < 1.29 is 18.7 Å². The number of ether oxygens (including phenoxy) is 1. The van der Waals surface area contributed by atoms with Gasteiger partial charge in [-0.3, -0.25) is 9.59 Å². The molecule has 1 aliphatic rings.